The molecule has 6 aromatic carbocycles. The lowest BCUT2D eigenvalue weighted by Gasteiger charge is -2.32. The van der Waals surface area contributed by atoms with Crippen molar-refractivity contribution in [1.29, 1.82) is 0 Å². The number of aromatic hydroxyl groups is 2. The second-order valence-electron chi connectivity index (χ2n) is 11.0. The molecule has 0 aliphatic carbocycles. The third kappa shape index (κ3) is 8.93. The third-order valence-electron chi connectivity index (χ3n) is 7.69. The summed E-state index contributed by atoms with van der Waals surface area (Å²) < 4.78 is 0. The average molecular weight is 725 g/mol. The zero-order valence-electron chi connectivity index (χ0n) is 25.7. The van der Waals surface area contributed by atoms with E-state index in [2.05, 4.69) is 111 Å². The number of hydrogen-bond acceptors (Lipinski definition) is 8. The van der Waals surface area contributed by atoms with Crippen molar-refractivity contribution in [3.05, 3.63) is 168 Å². The van der Waals surface area contributed by atoms with Crippen molar-refractivity contribution in [3.63, 3.8) is 0 Å². The second-order valence-corrected chi connectivity index (χ2v) is 17.8. The van der Waals surface area contributed by atoms with Crippen LogP contribution in [-0.4, -0.2) is 10.2 Å². The molecule has 47 heavy (non-hydrogen) atoms. The molecule has 0 unspecified atom stereocenters. The summed E-state index contributed by atoms with van der Waals surface area (Å²) in [5.41, 5.74) is 4.59. The van der Waals surface area contributed by atoms with Gasteiger partial charge in [0.05, 0.1) is 0 Å². The molecule has 0 saturated carbocycles. The zero-order chi connectivity index (χ0) is 32.6. The predicted molar refractivity (Wildman–Crippen MR) is 207 cm³/mol. The first-order chi connectivity index (χ1) is 22.8. The van der Waals surface area contributed by atoms with Gasteiger partial charge in [0.2, 0.25) is 0 Å². The van der Waals surface area contributed by atoms with Gasteiger partial charge in [-0.2, -0.15) is 0 Å². The number of phenolic OH excluding ortho intramolecular Hbond substituents is 2. The molecule has 0 bridgehead atoms. The highest BCUT2D eigenvalue weighted by Gasteiger charge is 2.31. The molecule has 6 rings (SSSR count). The summed E-state index contributed by atoms with van der Waals surface area (Å²) in [6.07, 6.45) is 0. The Hall–Kier alpha value is -2.98. The Labute approximate surface area is 300 Å². The summed E-state index contributed by atoms with van der Waals surface area (Å²) in [5.74, 6) is 0.560. The van der Waals surface area contributed by atoms with Gasteiger partial charge in [0.15, 0.2) is 0 Å². The number of benzene rings is 6. The largest absolute Gasteiger partial charge is 0.508 e. The molecule has 0 amide bonds. The minimum Gasteiger partial charge on any atom is -0.508 e. The monoisotopic (exact) mass is 724 g/mol. The maximum atomic E-state index is 9.60. The van der Waals surface area contributed by atoms with E-state index in [0.29, 0.717) is 0 Å². The number of rotatable bonds is 12. The second kappa shape index (κ2) is 15.9. The van der Waals surface area contributed by atoms with Crippen molar-refractivity contribution in [2.45, 2.75) is 48.6 Å². The van der Waals surface area contributed by atoms with Crippen molar-refractivity contribution < 1.29 is 10.2 Å². The molecule has 0 saturated heterocycles. The highest BCUT2D eigenvalue weighted by atomic mass is 33.1. The Morgan fingerprint density at radius 1 is 0.340 bits per heavy atom. The predicted octanol–water partition coefficient (Wildman–Crippen LogP) is 13.2. The molecule has 2 N–H and O–H groups in total. The molecule has 0 aromatic heterocycles. The van der Waals surface area contributed by atoms with Gasteiger partial charge in [0.25, 0.3) is 0 Å². The SMILES string of the molecule is Cc1ccc(SSc2ccc(C(C)(c3ccc(SSc4ccc(O)cc4)cc3)c3ccc(SSc4ccc(O)cc4)cc3)cc2)cc1. The first-order valence-corrected chi connectivity index (χ1v) is 21.3. The lowest BCUT2D eigenvalue weighted by Crippen LogP contribution is -2.25. The standard InChI is InChI=1S/C39H32O2S6/c1-27-3-15-33(16-4-27)42-43-34-17-5-28(6-18-34)39(2,29-7-19-35(20-8-29)44-46-37-23-11-31(40)12-24-37)30-9-21-36(22-10-30)45-47-38-25-13-32(41)14-26-38/h3-26,40-41H,1-2H3. The molecule has 6 aromatic rings. The van der Waals surface area contributed by atoms with Crippen LogP contribution in [0.1, 0.15) is 29.2 Å². The fraction of sp³-hybridized carbons (Fsp3) is 0.0769. The first-order valence-electron chi connectivity index (χ1n) is 14.9. The van der Waals surface area contributed by atoms with Gasteiger partial charge in [-0.1, -0.05) is 119 Å². The first kappa shape index (κ1) is 33.9. The minimum atomic E-state index is -0.367. The average Bonchev–Trinajstić information content (AvgIpc) is 3.11. The van der Waals surface area contributed by atoms with E-state index in [9.17, 15) is 10.2 Å². The lowest BCUT2D eigenvalue weighted by molar-refractivity contribution is 0.474. The van der Waals surface area contributed by atoms with Crippen LogP contribution in [0.5, 0.6) is 11.5 Å². The Balaban J connectivity index is 1.23. The van der Waals surface area contributed by atoms with Gasteiger partial charge in [-0.05, 0) is 128 Å². The number of aryl methyl sites for hydroxylation is 1. The fourth-order valence-electron chi connectivity index (χ4n) is 4.92. The van der Waals surface area contributed by atoms with E-state index in [1.54, 1.807) is 89.0 Å². The molecule has 0 atom stereocenters. The summed E-state index contributed by atoms with van der Waals surface area (Å²) in [6.45, 7) is 4.43. The third-order valence-corrected chi connectivity index (χ3v) is 14.9. The van der Waals surface area contributed by atoms with Crippen LogP contribution in [-0.2, 0) is 5.41 Å². The Kier molecular flexibility index (Phi) is 11.5. The van der Waals surface area contributed by atoms with E-state index >= 15 is 0 Å². The van der Waals surface area contributed by atoms with Crippen molar-refractivity contribution in [3.8, 4) is 11.5 Å². The molecule has 8 heteroatoms. The van der Waals surface area contributed by atoms with E-state index in [1.165, 1.54) is 41.8 Å². The van der Waals surface area contributed by atoms with Crippen molar-refractivity contribution in [1.82, 2.24) is 0 Å². The Morgan fingerprint density at radius 2 is 0.553 bits per heavy atom. The van der Waals surface area contributed by atoms with Crippen LogP contribution < -0.4 is 0 Å². The fourth-order valence-corrected chi connectivity index (χ4v) is 10.7. The Morgan fingerprint density at radius 3 is 0.809 bits per heavy atom. The summed E-state index contributed by atoms with van der Waals surface area (Å²) in [6, 6.07) is 50.1. The molecule has 0 aliphatic heterocycles. The molecule has 0 heterocycles. The van der Waals surface area contributed by atoms with E-state index in [1.807, 2.05) is 24.3 Å². The molecule has 0 fully saturated rings. The van der Waals surface area contributed by atoms with Gasteiger partial charge in [-0.25, -0.2) is 0 Å². The molecular formula is C39H32O2S6. The van der Waals surface area contributed by atoms with Crippen LogP contribution in [0.25, 0.3) is 0 Å². The summed E-state index contributed by atoms with van der Waals surface area (Å²) in [7, 11) is 10.4. The van der Waals surface area contributed by atoms with Crippen LogP contribution in [0, 0.1) is 6.92 Å². The van der Waals surface area contributed by atoms with Crippen molar-refractivity contribution in [2.24, 2.45) is 0 Å². The van der Waals surface area contributed by atoms with Gasteiger partial charge in [-0.15, -0.1) is 0 Å². The van der Waals surface area contributed by atoms with Gasteiger partial charge >= 0.3 is 0 Å². The van der Waals surface area contributed by atoms with E-state index in [4.69, 9.17) is 0 Å². The zero-order valence-corrected chi connectivity index (χ0v) is 30.6. The van der Waals surface area contributed by atoms with Gasteiger partial charge in [0.1, 0.15) is 11.5 Å². The van der Waals surface area contributed by atoms with Crippen LogP contribution in [0.4, 0.5) is 0 Å². The lowest BCUT2D eigenvalue weighted by atomic mass is 9.71. The highest BCUT2D eigenvalue weighted by Crippen LogP contribution is 2.45. The van der Waals surface area contributed by atoms with Gasteiger partial charge in [-0.3, -0.25) is 0 Å². The molecule has 0 radical (unpaired) electrons. The maximum absolute atomic E-state index is 9.60. The summed E-state index contributed by atoms with van der Waals surface area (Å²) in [4.78, 5) is 7.01. The molecular weight excluding hydrogens is 693 g/mol. The van der Waals surface area contributed by atoms with E-state index in [-0.39, 0.29) is 16.9 Å². The number of phenols is 2. The molecule has 0 aliphatic rings. The summed E-state index contributed by atoms with van der Waals surface area (Å²) >= 11 is 0. The van der Waals surface area contributed by atoms with Crippen LogP contribution >= 0.6 is 64.8 Å². The minimum absolute atomic E-state index is 0.280. The van der Waals surface area contributed by atoms with Crippen LogP contribution in [0.3, 0.4) is 0 Å². The van der Waals surface area contributed by atoms with Crippen molar-refractivity contribution in [2.75, 3.05) is 0 Å². The molecule has 236 valence electrons. The van der Waals surface area contributed by atoms with Gasteiger partial charge < -0.3 is 10.2 Å². The van der Waals surface area contributed by atoms with Gasteiger partial charge in [0, 0.05) is 34.8 Å². The molecule has 0 spiro atoms. The maximum Gasteiger partial charge on any atom is 0.115 e. The normalized spacial score (nSPS) is 11.4. The van der Waals surface area contributed by atoms with Crippen LogP contribution in [0.2, 0.25) is 0 Å². The van der Waals surface area contributed by atoms with Crippen molar-refractivity contribution >= 4 is 64.8 Å². The quantitative estimate of drug-likeness (QED) is 0.0955. The topological polar surface area (TPSA) is 40.5 Å². The number of hydrogen-bond donors (Lipinski definition) is 2. The summed E-state index contributed by atoms with van der Waals surface area (Å²) in [5, 5.41) is 19.2. The Bertz CT molecular complexity index is 1650. The highest BCUT2D eigenvalue weighted by molar-refractivity contribution is 8.77. The smallest absolute Gasteiger partial charge is 0.115 e. The van der Waals surface area contributed by atoms with E-state index < -0.39 is 0 Å². The van der Waals surface area contributed by atoms with Crippen LogP contribution in [0.15, 0.2) is 175 Å². The molecule has 2 nitrogen and oxygen atoms in total. The van der Waals surface area contributed by atoms with E-state index in [0.717, 1.165) is 9.79 Å².